The molecule has 0 aliphatic rings. The molecule has 0 spiro atoms. The van der Waals surface area contributed by atoms with Crippen molar-refractivity contribution in [3.8, 4) is 0 Å². The fourth-order valence-corrected chi connectivity index (χ4v) is 6.48. The molecule has 2 N–H and O–H groups in total. The molecule has 8 nitrogen and oxygen atoms in total. The molecule has 0 saturated heterocycles. The third kappa shape index (κ3) is 6.44. The second-order valence-electron chi connectivity index (χ2n) is 8.75. The molecule has 0 fully saturated rings. The summed E-state index contributed by atoms with van der Waals surface area (Å²) in [7, 11) is -8.09. The number of benzene rings is 4. The van der Waals surface area contributed by atoms with Crippen LogP contribution in [-0.4, -0.2) is 29.3 Å². The fraction of sp³-hybridized carbons (Fsp3) is 0.107. The number of carbonyl (C=O) groups excluding carboxylic acids is 1. The van der Waals surface area contributed by atoms with Gasteiger partial charge < -0.3 is 5.32 Å². The summed E-state index contributed by atoms with van der Waals surface area (Å²) in [4.78, 5) is 12.7. The summed E-state index contributed by atoms with van der Waals surface area (Å²) in [5, 5.41) is 2.60. The van der Waals surface area contributed by atoms with Crippen LogP contribution in [0.2, 0.25) is 0 Å². The number of sulfonamides is 2. The van der Waals surface area contributed by atoms with E-state index < -0.39 is 38.3 Å². The lowest BCUT2D eigenvalue weighted by Crippen LogP contribution is -2.38. The first-order chi connectivity index (χ1) is 18.5. The van der Waals surface area contributed by atoms with Crippen LogP contribution in [0, 0.1) is 19.7 Å². The van der Waals surface area contributed by atoms with Gasteiger partial charge in [0.2, 0.25) is 5.91 Å². The summed E-state index contributed by atoms with van der Waals surface area (Å²) in [6, 6.07) is 23.3. The first-order valence-corrected chi connectivity index (χ1v) is 14.7. The Balaban J connectivity index is 1.52. The lowest BCUT2D eigenvalue weighted by molar-refractivity contribution is -0.114. The average molecular weight is 568 g/mol. The largest absolute Gasteiger partial charge is 0.325 e. The van der Waals surface area contributed by atoms with Gasteiger partial charge in [0, 0.05) is 5.69 Å². The number of amides is 1. The van der Waals surface area contributed by atoms with Crippen LogP contribution in [0.1, 0.15) is 11.1 Å². The summed E-state index contributed by atoms with van der Waals surface area (Å²) in [6.45, 7) is 3.04. The zero-order valence-corrected chi connectivity index (χ0v) is 22.8. The monoisotopic (exact) mass is 567 g/mol. The Morgan fingerprint density at radius 1 is 0.744 bits per heavy atom. The molecule has 0 radical (unpaired) electrons. The molecular formula is C28H26FN3O5S2. The minimum Gasteiger partial charge on any atom is -0.325 e. The lowest BCUT2D eigenvalue weighted by atomic mass is 10.1. The molecule has 0 atom stereocenters. The van der Waals surface area contributed by atoms with Gasteiger partial charge in [0.25, 0.3) is 20.0 Å². The number of aryl methyl sites for hydroxylation is 2. The van der Waals surface area contributed by atoms with Gasteiger partial charge in [-0.3, -0.25) is 13.8 Å². The molecule has 39 heavy (non-hydrogen) atoms. The fourth-order valence-electron chi connectivity index (χ4n) is 3.86. The Kier molecular flexibility index (Phi) is 8.03. The number of nitrogens with one attached hydrogen (secondary N) is 2. The van der Waals surface area contributed by atoms with Crippen molar-refractivity contribution in [1.82, 2.24) is 0 Å². The maximum Gasteiger partial charge on any atom is 0.264 e. The average Bonchev–Trinajstić information content (AvgIpc) is 2.90. The van der Waals surface area contributed by atoms with E-state index in [1.54, 1.807) is 44.2 Å². The maximum absolute atomic E-state index is 13.4. The highest BCUT2D eigenvalue weighted by molar-refractivity contribution is 7.93. The molecule has 4 aromatic carbocycles. The van der Waals surface area contributed by atoms with Crippen LogP contribution in [0.4, 0.5) is 21.5 Å². The molecule has 0 aliphatic carbocycles. The maximum atomic E-state index is 13.4. The summed E-state index contributed by atoms with van der Waals surface area (Å²) in [6.07, 6.45) is 0. The van der Waals surface area contributed by atoms with E-state index in [0.29, 0.717) is 5.69 Å². The number of hydrogen-bond donors (Lipinski definition) is 2. The van der Waals surface area contributed by atoms with Crippen molar-refractivity contribution in [2.45, 2.75) is 23.6 Å². The highest BCUT2D eigenvalue weighted by atomic mass is 32.2. The molecule has 11 heteroatoms. The topological polar surface area (TPSA) is 113 Å². The molecule has 202 valence electrons. The van der Waals surface area contributed by atoms with Crippen molar-refractivity contribution >= 4 is 43.0 Å². The van der Waals surface area contributed by atoms with Gasteiger partial charge in [-0.2, -0.15) is 0 Å². The van der Waals surface area contributed by atoms with Gasteiger partial charge in [-0.05, 0) is 85.6 Å². The number of hydrogen-bond acceptors (Lipinski definition) is 5. The number of anilines is 3. The second kappa shape index (κ2) is 11.3. The number of nitrogens with zero attached hydrogens (tertiary/aromatic N) is 1. The van der Waals surface area contributed by atoms with E-state index in [0.717, 1.165) is 39.7 Å². The molecule has 4 aromatic rings. The van der Waals surface area contributed by atoms with Crippen molar-refractivity contribution in [2.24, 2.45) is 0 Å². The van der Waals surface area contributed by atoms with Crippen LogP contribution in [0.15, 0.2) is 107 Å². The van der Waals surface area contributed by atoms with E-state index in [1.165, 1.54) is 36.4 Å². The minimum atomic E-state index is -4.20. The van der Waals surface area contributed by atoms with E-state index in [-0.39, 0.29) is 21.2 Å². The molecule has 1 amide bonds. The smallest absolute Gasteiger partial charge is 0.264 e. The SMILES string of the molecule is Cc1cccc(C)c1NS(=O)(=O)c1ccc(NC(=O)CN(c2ccccc2)S(=O)(=O)c2ccc(F)cc2)cc1. The Morgan fingerprint density at radius 3 is 1.90 bits per heavy atom. The summed E-state index contributed by atoms with van der Waals surface area (Å²) in [5.41, 5.74) is 2.58. The Bertz CT molecular complexity index is 1670. The lowest BCUT2D eigenvalue weighted by Gasteiger charge is -2.24. The first kappa shape index (κ1) is 27.8. The Hall–Kier alpha value is -4.22. The van der Waals surface area contributed by atoms with Gasteiger partial charge in [-0.25, -0.2) is 21.2 Å². The molecular weight excluding hydrogens is 541 g/mol. The van der Waals surface area contributed by atoms with Crippen LogP contribution >= 0.6 is 0 Å². The summed E-state index contributed by atoms with van der Waals surface area (Å²) >= 11 is 0. The van der Waals surface area contributed by atoms with Crippen LogP contribution in [0.25, 0.3) is 0 Å². The van der Waals surface area contributed by atoms with Crippen molar-refractivity contribution in [3.05, 3.63) is 114 Å². The first-order valence-electron chi connectivity index (χ1n) is 11.8. The zero-order chi connectivity index (χ0) is 28.2. The van der Waals surface area contributed by atoms with E-state index in [1.807, 2.05) is 6.07 Å². The van der Waals surface area contributed by atoms with E-state index in [4.69, 9.17) is 0 Å². The number of rotatable bonds is 9. The van der Waals surface area contributed by atoms with E-state index in [2.05, 4.69) is 10.0 Å². The van der Waals surface area contributed by atoms with Gasteiger partial charge in [-0.1, -0.05) is 36.4 Å². The van der Waals surface area contributed by atoms with E-state index >= 15 is 0 Å². The van der Waals surface area contributed by atoms with Crippen LogP contribution in [-0.2, 0) is 24.8 Å². The van der Waals surface area contributed by atoms with Crippen molar-refractivity contribution < 1.29 is 26.0 Å². The third-order valence-electron chi connectivity index (χ3n) is 5.90. The molecule has 0 aliphatic heterocycles. The number of para-hydroxylation sites is 2. The number of carbonyl (C=O) groups is 1. The predicted octanol–water partition coefficient (Wildman–Crippen LogP) is 5.08. The summed E-state index contributed by atoms with van der Waals surface area (Å²) < 4.78 is 69.4. The standard InChI is InChI=1S/C28H26FN3O5S2/c1-20-7-6-8-21(2)28(20)31-38(34,35)25-17-13-23(14-18-25)30-27(33)19-32(24-9-4-3-5-10-24)39(36,37)26-15-11-22(29)12-16-26/h3-18,31H,19H2,1-2H3,(H,30,33). The van der Waals surface area contributed by atoms with Crippen LogP contribution in [0.3, 0.4) is 0 Å². The van der Waals surface area contributed by atoms with Crippen molar-refractivity contribution in [3.63, 3.8) is 0 Å². The minimum absolute atomic E-state index is 0.00653. The highest BCUT2D eigenvalue weighted by Crippen LogP contribution is 2.26. The Morgan fingerprint density at radius 2 is 1.31 bits per heavy atom. The van der Waals surface area contributed by atoms with Crippen LogP contribution in [0.5, 0.6) is 0 Å². The number of halogens is 1. The molecule has 4 rings (SSSR count). The van der Waals surface area contributed by atoms with Gasteiger partial charge in [-0.15, -0.1) is 0 Å². The molecule has 0 aromatic heterocycles. The normalized spacial score (nSPS) is 11.6. The van der Waals surface area contributed by atoms with Gasteiger partial charge in [0.15, 0.2) is 0 Å². The summed E-state index contributed by atoms with van der Waals surface area (Å²) in [5.74, 6) is -1.25. The molecule has 0 bridgehead atoms. The molecule has 0 unspecified atom stereocenters. The van der Waals surface area contributed by atoms with Gasteiger partial charge in [0.05, 0.1) is 21.2 Å². The van der Waals surface area contributed by atoms with Gasteiger partial charge >= 0.3 is 0 Å². The Labute approximate surface area is 227 Å². The van der Waals surface area contributed by atoms with Crippen LogP contribution < -0.4 is 14.3 Å². The highest BCUT2D eigenvalue weighted by Gasteiger charge is 2.27. The third-order valence-corrected chi connectivity index (χ3v) is 9.05. The van der Waals surface area contributed by atoms with Gasteiger partial charge in [0.1, 0.15) is 12.4 Å². The van der Waals surface area contributed by atoms with Crippen molar-refractivity contribution in [1.29, 1.82) is 0 Å². The molecule has 0 heterocycles. The zero-order valence-electron chi connectivity index (χ0n) is 21.1. The molecule has 0 saturated carbocycles. The van der Waals surface area contributed by atoms with E-state index in [9.17, 15) is 26.0 Å². The predicted molar refractivity (Wildman–Crippen MR) is 149 cm³/mol. The second-order valence-corrected chi connectivity index (χ2v) is 12.3. The quantitative estimate of drug-likeness (QED) is 0.293. The van der Waals surface area contributed by atoms with Crippen molar-refractivity contribution in [2.75, 3.05) is 20.9 Å².